The molecule has 0 saturated heterocycles. The molecule has 0 amide bonds. The Labute approximate surface area is 189 Å². The van der Waals surface area contributed by atoms with Gasteiger partial charge in [0.15, 0.2) is 0 Å². The zero-order valence-electron chi connectivity index (χ0n) is 19.3. The first-order valence-corrected chi connectivity index (χ1v) is 10.9. The molecule has 2 aromatic carbocycles. The van der Waals surface area contributed by atoms with Crippen LogP contribution in [0.5, 0.6) is 5.75 Å². The number of ether oxygens (including phenoxy) is 1. The van der Waals surface area contributed by atoms with Crippen molar-refractivity contribution in [2.75, 3.05) is 32.6 Å². The summed E-state index contributed by atoms with van der Waals surface area (Å²) in [4.78, 5) is 11.4. The summed E-state index contributed by atoms with van der Waals surface area (Å²) in [5, 5.41) is 4.63. The molecule has 1 N–H and O–H groups in total. The van der Waals surface area contributed by atoms with Crippen molar-refractivity contribution in [1.82, 2.24) is 14.9 Å². The number of benzene rings is 2. The van der Waals surface area contributed by atoms with Crippen molar-refractivity contribution < 1.29 is 9.15 Å². The second-order valence-corrected chi connectivity index (χ2v) is 8.41. The van der Waals surface area contributed by atoms with Crippen LogP contribution in [0, 0.1) is 13.8 Å². The topological polar surface area (TPSA) is 63.4 Å². The third-order valence-electron chi connectivity index (χ3n) is 5.43. The molecule has 166 valence electrons. The van der Waals surface area contributed by atoms with E-state index in [1.807, 2.05) is 58.3 Å². The summed E-state index contributed by atoms with van der Waals surface area (Å²) >= 11 is 0. The smallest absolute Gasteiger partial charge is 0.134 e. The number of likely N-dealkylation sites (N-methyl/N-ethyl adjacent to an activating group) is 1. The Balaban J connectivity index is 1.53. The van der Waals surface area contributed by atoms with Crippen LogP contribution in [0.4, 0.5) is 5.82 Å². The second-order valence-electron chi connectivity index (χ2n) is 8.41. The summed E-state index contributed by atoms with van der Waals surface area (Å²) in [6.07, 6.45) is 1.78. The van der Waals surface area contributed by atoms with Crippen LogP contribution in [0.1, 0.15) is 29.9 Å². The molecule has 4 aromatic rings. The van der Waals surface area contributed by atoms with Crippen LogP contribution in [-0.2, 0) is 0 Å². The number of hydrogen-bond donors (Lipinski definition) is 1. The predicted molar refractivity (Wildman–Crippen MR) is 129 cm³/mol. The Morgan fingerprint density at radius 1 is 1.06 bits per heavy atom. The first-order chi connectivity index (χ1) is 15.4. The fraction of sp³-hybridized carbons (Fsp3) is 0.308. The standard InChI is InChI=1S/C26H30N4O2/c1-17-16-32-25-10-9-21(14-23(17)25)24-15-26(29-19(3)28-24)27-18(2)20-7-6-8-22(13-20)31-12-11-30(4)5/h6-10,13-16,18H,11-12H2,1-5H3,(H,27,28,29). The number of anilines is 1. The van der Waals surface area contributed by atoms with Gasteiger partial charge in [0.25, 0.3) is 0 Å². The first kappa shape index (κ1) is 21.8. The van der Waals surface area contributed by atoms with Gasteiger partial charge in [-0.2, -0.15) is 0 Å². The van der Waals surface area contributed by atoms with Gasteiger partial charge < -0.3 is 19.4 Å². The van der Waals surface area contributed by atoms with Crippen molar-refractivity contribution in [1.29, 1.82) is 0 Å². The Hall–Kier alpha value is -3.38. The molecule has 4 rings (SSSR count). The third kappa shape index (κ3) is 5.08. The zero-order valence-corrected chi connectivity index (χ0v) is 19.3. The fourth-order valence-electron chi connectivity index (χ4n) is 3.63. The van der Waals surface area contributed by atoms with Crippen LogP contribution in [0.15, 0.2) is 59.2 Å². The first-order valence-electron chi connectivity index (χ1n) is 10.9. The largest absolute Gasteiger partial charge is 0.492 e. The van der Waals surface area contributed by atoms with Crippen LogP contribution in [0.2, 0.25) is 0 Å². The Bertz CT molecular complexity index is 1220. The van der Waals surface area contributed by atoms with Crippen molar-refractivity contribution >= 4 is 16.8 Å². The molecule has 1 atom stereocenters. The quantitative estimate of drug-likeness (QED) is 0.391. The van der Waals surface area contributed by atoms with E-state index in [0.717, 1.165) is 57.3 Å². The van der Waals surface area contributed by atoms with Gasteiger partial charge in [0.1, 0.15) is 29.6 Å². The lowest BCUT2D eigenvalue weighted by Gasteiger charge is -2.17. The number of fused-ring (bicyclic) bond motifs is 1. The van der Waals surface area contributed by atoms with Crippen molar-refractivity contribution in [3.63, 3.8) is 0 Å². The highest BCUT2D eigenvalue weighted by molar-refractivity contribution is 5.85. The predicted octanol–water partition coefficient (Wildman–Crippen LogP) is 5.62. The molecule has 2 heterocycles. The summed E-state index contributed by atoms with van der Waals surface area (Å²) in [5.74, 6) is 2.39. The van der Waals surface area contributed by atoms with Gasteiger partial charge in [0, 0.05) is 23.6 Å². The highest BCUT2D eigenvalue weighted by atomic mass is 16.5. The van der Waals surface area contributed by atoms with Gasteiger partial charge in [-0.15, -0.1) is 0 Å². The molecule has 0 spiro atoms. The summed E-state index contributed by atoms with van der Waals surface area (Å²) in [6, 6.07) is 16.4. The Morgan fingerprint density at radius 3 is 2.72 bits per heavy atom. The molecular weight excluding hydrogens is 400 g/mol. The van der Waals surface area contributed by atoms with E-state index >= 15 is 0 Å². The number of nitrogens with one attached hydrogen (secondary N) is 1. The molecule has 0 aliphatic rings. The number of aryl methyl sites for hydroxylation is 2. The molecule has 6 heteroatoms. The maximum Gasteiger partial charge on any atom is 0.134 e. The highest BCUT2D eigenvalue weighted by Crippen LogP contribution is 2.29. The van der Waals surface area contributed by atoms with E-state index < -0.39 is 0 Å². The normalized spacial score (nSPS) is 12.3. The molecule has 0 saturated carbocycles. The van der Waals surface area contributed by atoms with Gasteiger partial charge >= 0.3 is 0 Å². The van der Waals surface area contributed by atoms with E-state index in [1.54, 1.807) is 6.26 Å². The molecule has 2 aromatic heterocycles. The van der Waals surface area contributed by atoms with E-state index in [-0.39, 0.29) is 6.04 Å². The molecule has 32 heavy (non-hydrogen) atoms. The highest BCUT2D eigenvalue weighted by Gasteiger charge is 2.12. The maximum atomic E-state index is 5.89. The summed E-state index contributed by atoms with van der Waals surface area (Å²) in [6.45, 7) is 7.63. The van der Waals surface area contributed by atoms with Crippen molar-refractivity contribution in [2.45, 2.75) is 26.8 Å². The minimum absolute atomic E-state index is 0.0631. The molecular formula is C26H30N4O2. The van der Waals surface area contributed by atoms with Crippen molar-refractivity contribution in [3.8, 4) is 17.0 Å². The molecule has 0 bridgehead atoms. The van der Waals surface area contributed by atoms with Gasteiger partial charge in [-0.1, -0.05) is 12.1 Å². The number of nitrogens with zero attached hydrogens (tertiary/aromatic N) is 3. The number of furan rings is 1. The van der Waals surface area contributed by atoms with E-state index in [2.05, 4.69) is 45.3 Å². The fourth-order valence-corrected chi connectivity index (χ4v) is 3.63. The summed E-state index contributed by atoms with van der Waals surface area (Å²) in [5.41, 5.74) is 5.07. The Morgan fingerprint density at radius 2 is 1.91 bits per heavy atom. The molecule has 6 nitrogen and oxygen atoms in total. The second kappa shape index (κ2) is 9.40. The number of hydrogen-bond acceptors (Lipinski definition) is 6. The van der Waals surface area contributed by atoms with Crippen LogP contribution < -0.4 is 10.1 Å². The van der Waals surface area contributed by atoms with Crippen LogP contribution in [0.25, 0.3) is 22.2 Å². The average Bonchev–Trinajstić information content (AvgIpc) is 3.13. The minimum Gasteiger partial charge on any atom is -0.492 e. The van der Waals surface area contributed by atoms with E-state index in [0.29, 0.717) is 6.61 Å². The lowest BCUT2D eigenvalue weighted by molar-refractivity contribution is 0.261. The summed E-state index contributed by atoms with van der Waals surface area (Å²) < 4.78 is 11.5. The average molecular weight is 431 g/mol. The van der Waals surface area contributed by atoms with Gasteiger partial charge in [-0.05, 0) is 76.3 Å². The van der Waals surface area contributed by atoms with E-state index in [9.17, 15) is 0 Å². The van der Waals surface area contributed by atoms with E-state index in [4.69, 9.17) is 9.15 Å². The lowest BCUT2D eigenvalue weighted by Crippen LogP contribution is -2.19. The molecule has 0 aliphatic heterocycles. The van der Waals surface area contributed by atoms with E-state index in [1.165, 1.54) is 0 Å². The monoisotopic (exact) mass is 430 g/mol. The van der Waals surface area contributed by atoms with Crippen molar-refractivity contribution in [3.05, 3.63) is 71.7 Å². The van der Waals surface area contributed by atoms with Gasteiger partial charge in [-0.25, -0.2) is 9.97 Å². The van der Waals surface area contributed by atoms with Gasteiger partial charge in [0.05, 0.1) is 18.0 Å². The van der Waals surface area contributed by atoms with Crippen LogP contribution >= 0.6 is 0 Å². The molecule has 0 fully saturated rings. The van der Waals surface area contributed by atoms with Crippen LogP contribution in [0.3, 0.4) is 0 Å². The Kier molecular flexibility index (Phi) is 6.42. The van der Waals surface area contributed by atoms with Crippen molar-refractivity contribution in [2.24, 2.45) is 0 Å². The number of aromatic nitrogens is 2. The maximum absolute atomic E-state index is 5.89. The summed E-state index contributed by atoms with van der Waals surface area (Å²) in [7, 11) is 4.08. The molecule has 0 radical (unpaired) electrons. The number of rotatable bonds is 8. The van der Waals surface area contributed by atoms with Crippen LogP contribution in [-0.4, -0.2) is 42.1 Å². The molecule has 1 unspecified atom stereocenters. The van der Waals surface area contributed by atoms with Gasteiger partial charge in [0.2, 0.25) is 0 Å². The SMILES string of the molecule is Cc1nc(NC(C)c2cccc(OCCN(C)C)c2)cc(-c2ccc3occ(C)c3c2)n1. The molecule has 0 aliphatic carbocycles. The zero-order chi connectivity index (χ0) is 22.7. The van der Waals surface area contributed by atoms with Gasteiger partial charge in [-0.3, -0.25) is 0 Å². The third-order valence-corrected chi connectivity index (χ3v) is 5.43. The lowest BCUT2D eigenvalue weighted by atomic mass is 10.1. The minimum atomic E-state index is 0.0631.